The zero-order valence-electron chi connectivity index (χ0n) is 15.7. The van der Waals surface area contributed by atoms with Crippen LogP contribution in [0.4, 0.5) is 5.00 Å². The number of rotatable bonds is 5. The third kappa shape index (κ3) is 3.41. The van der Waals surface area contributed by atoms with Crippen molar-refractivity contribution in [2.45, 2.75) is 19.4 Å². The summed E-state index contributed by atoms with van der Waals surface area (Å²) in [4.78, 5) is 37.5. The molecule has 1 aromatic heterocycles. The van der Waals surface area contributed by atoms with E-state index in [2.05, 4.69) is 5.32 Å². The Morgan fingerprint density at radius 2 is 2.03 bits per heavy atom. The smallest absolute Gasteiger partial charge is 0.256 e. The van der Waals surface area contributed by atoms with Crippen molar-refractivity contribution in [3.63, 3.8) is 0 Å². The number of aldehydes is 1. The predicted octanol–water partition coefficient (Wildman–Crippen LogP) is 3.82. The summed E-state index contributed by atoms with van der Waals surface area (Å²) in [5.41, 5.74) is 9.53. The molecule has 2 amide bonds. The second kappa shape index (κ2) is 8.02. The van der Waals surface area contributed by atoms with Gasteiger partial charge in [-0.3, -0.25) is 14.4 Å². The molecule has 152 valence electrons. The molecule has 0 unspecified atom stereocenters. The molecular weight excluding hydrogens is 424 g/mol. The summed E-state index contributed by atoms with van der Waals surface area (Å²) in [6.07, 6.45) is 2.00. The first-order valence-electron chi connectivity index (χ1n) is 9.18. The monoisotopic (exact) mass is 440 g/mol. The van der Waals surface area contributed by atoms with Gasteiger partial charge in [0.15, 0.2) is 6.29 Å². The van der Waals surface area contributed by atoms with Crippen molar-refractivity contribution in [2.75, 3.05) is 5.32 Å². The van der Waals surface area contributed by atoms with E-state index in [0.717, 1.165) is 27.9 Å². The fourth-order valence-corrected chi connectivity index (χ4v) is 5.14. The molecule has 0 radical (unpaired) electrons. The summed E-state index contributed by atoms with van der Waals surface area (Å²) in [5.74, 6) is -0.913. The van der Waals surface area contributed by atoms with E-state index in [9.17, 15) is 19.5 Å². The first kappa shape index (κ1) is 20.3. The van der Waals surface area contributed by atoms with Gasteiger partial charge in [-0.25, -0.2) is 0 Å². The molecule has 4 N–H and O–H groups in total. The van der Waals surface area contributed by atoms with Crippen LogP contribution in [0, 0.1) is 0 Å². The van der Waals surface area contributed by atoms with E-state index in [0.29, 0.717) is 45.1 Å². The minimum Gasteiger partial charge on any atom is -0.392 e. The first-order valence-corrected chi connectivity index (χ1v) is 10.4. The standard InChI is InChI=1S/C22H17ClN2O4S/c23-17-8-11(4-5-12(17)9-26)21(29)25-22-16(10-27)19-14-2-1-3-15(20(24)28)13(14)6-7-18(19)30-22/h1-5,8,10,26H,6-7,9H2,(H2,24,28)(H,25,29). The van der Waals surface area contributed by atoms with Gasteiger partial charge in [0.1, 0.15) is 5.00 Å². The Morgan fingerprint density at radius 1 is 1.23 bits per heavy atom. The number of hydrogen-bond donors (Lipinski definition) is 3. The number of thiophene rings is 1. The molecule has 3 aromatic rings. The Hall–Kier alpha value is -3.00. The molecule has 0 atom stereocenters. The average molecular weight is 441 g/mol. The molecule has 2 aromatic carbocycles. The number of carbonyl (C=O) groups excluding carboxylic acids is 3. The highest BCUT2D eigenvalue weighted by atomic mass is 35.5. The molecule has 0 saturated carbocycles. The average Bonchev–Trinajstić information content (AvgIpc) is 3.10. The quantitative estimate of drug-likeness (QED) is 0.524. The van der Waals surface area contributed by atoms with Crippen LogP contribution in [0.2, 0.25) is 5.02 Å². The number of aryl methyl sites for hydroxylation is 1. The normalized spacial score (nSPS) is 12.1. The number of halogens is 1. The fourth-order valence-electron chi connectivity index (χ4n) is 3.72. The summed E-state index contributed by atoms with van der Waals surface area (Å²) in [5, 5.41) is 12.8. The number of amides is 2. The maximum Gasteiger partial charge on any atom is 0.256 e. The van der Waals surface area contributed by atoms with Gasteiger partial charge >= 0.3 is 0 Å². The molecule has 8 heteroatoms. The van der Waals surface area contributed by atoms with Crippen molar-refractivity contribution >= 4 is 46.0 Å². The predicted molar refractivity (Wildman–Crippen MR) is 116 cm³/mol. The van der Waals surface area contributed by atoms with Crippen molar-refractivity contribution < 1.29 is 19.5 Å². The number of carbonyl (C=O) groups is 3. The number of hydrogen-bond acceptors (Lipinski definition) is 5. The number of aliphatic hydroxyl groups excluding tert-OH is 1. The summed E-state index contributed by atoms with van der Waals surface area (Å²) < 4.78 is 0. The maximum atomic E-state index is 12.7. The van der Waals surface area contributed by atoms with Crippen LogP contribution in [0.25, 0.3) is 11.1 Å². The van der Waals surface area contributed by atoms with E-state index >= 15 is 0 Å². The number of fused-ring (bicyclic) bond motifs is 3. The van der Waals surface area contributed by atoms with E-state index in [1.165, 1.54) is 17.4 Å². The number of anilines is 1. The summed E-state index contributed by atoms with van der Waals surface area (Å²) in [6.45, 7) is -0.222. The van der Waals surface area contributed by atoms with Gasteiger partial charge in [-0.15, -0.1) is 11.3 Å². The molecule has 0 spiro atoms. The van der Waals surface area contributed by atoms with E-state index in [-0.39, 0.29) is 6.61 Å². The van der Waals surface area contributed by atoms with Gasteiger partial charge in [0, 0.05) is 26.6 Å². The van der Waals surface area contributed by atoms with Gasteiger partial charge in [0.2, 0.25) is 5.91 Å². The van der Waals surface area contributed by atoms with E-state index in [1.807, 2.05) is 6.07 Å². The minimum absolute atomic E-state index is 0.222. The van der Waals surface area contributed by atoms with Gasteiger partial charge in [-0.1, -0.05) is 29.8 Å². The van der Waals surface area contributed by atoms with Crippen LogP contribution in [0.3, 0.4) is 0 Å². The number of benzene rings is 2. The zero-order chi connectivity index (χ0) is 21.4. The summed E-state index contributed by atoms with van der Waals surface area (Å²) in [7, 11) is 0. The van der Waals surface area contributed by atoms with E-state index < -0.39 is 11.8 Å². The SMILES string of the molecule is NC(=O)c1cccc2c1CCc1sc(NC(=O)c3ccc(CO)c(Cl)c3)c(C=O)c1-2. The van der Waals surface area contributed by atoms with Gasteiger partial charge in [0.25, 0.3) is 5.91 Å². The van der Waals surface area contributed by atoms with Gasteiger partial charge in [-0.05, 0) is 47.7 Å². The van der Waals surface area contributed by atoms with Gasteiger partial charge in [0.05, 0.1) is 12.2 Å². The molecule has 30 heavy (non-hydrogen) atoms. The molecule has 0 aliphatic heterocycles. The van der Waals surface area contributed by atoms with Crippen LogP contribution in [0.1, 0.15) is 47.1 Å². The van der Waals surface area contributed by atoms with Crippen LogP contribution in [-0.2, 0) is 19.4 Å². The third-order valence-electron chi connectivity index (χ3n) is 5.16. The van der Waals surface area contributed by atoms with Crippen LogP contribution in [-0.4, -0.2) is 23.2 Å². The molecule has 0 bridgehead atoms. The Kier molecular flexibility index (Phi) is 5.42. The number of nitrogens with one attached hydrogen (secondary N) is 1. The van der Waals surface area contributed by atoms with Crippen molar-refractivity contribution in [2.24, 2.45) is 5.73 Å². The highest BCUT2D eigenvalue weighted by Gasteiger charge is 2.27. The Bertz CT molecular complexity index is 1200. The van der Waals surface area contributed by atoms with Crippen molar-refractivity contribution in [1.29, 1.82) is 0 Å². The van der Waals surface area contributed by atoms with Gasteiger partial charge < -0.3 is 16.2 Å². The van der Waals surface area contributed by atoms with Gasteiger partial charge in [-0.2, -0.15) is 0 Å². The molecule has 0 saturated heterocycles. The number of nitrogens with two attached hydrogens (primary N) is 1. The van der Waals surface area contributed by atoms with E-state index in [4.69, 9.17) is 17.3 Å². The molecule has 4 rings (SSSR count). The largest absolute Gasteiger partial charge is 0.392 e. The first-order chi connectivity index (χ1) is 14.4. The van der Waals surface area contributed by atoms with Crippen LogP contribution in [0.15, 0.2) is 36.4 Å². The van der Waals surface area contributed by atoms with Crippen LogP contribution in [0.5, 0.6) is 0 Å². The zero-order valence-corrected chi connectivity index (χ0v) is 17.3. The molecule has 0 fully saturated rings. The lowest BCUT2D eigenvalue weighted by Gasteiger charge is -2.19. The van der Waals surface area contributed by atoms with Crippen molar-refractivity contribution in [3.05, 3.63) is 74.1 Å². The third-order valence-corrected chi connectivity index (χ3v) is 6.69. The number of primary amides is 1. The van der Waals surface area contributed by atoms with Crippen molar-refractivity contribution in [3.8, 4) is 11.1 Å². The lowest BCUT2D eigenvalue weighted by molar-refractivity contribution is 0.0996. The lowest BCUT2D eigenvalue weighted by Crippen LogP contribution is -2.16. The summed E-state index contributed by atoms with van der Waals surface area (Å²) >= 11 is 7.43. The minimum atomic E-state index is -0.505. The van der Waals surface area contributed by atoms with Crippen LogP contribution < -0.4 is 11.1 Å². The maximum absolute atomic E-state index is 12.7. The summed E-state index contributed by atoms with van der Waals surface area (Å²) in [6, 6.07) is 9.91. The molecule has 6 nitrogen and oxygen atoms in total. The molecule has 1 heterocycles. The Labute approximate surface area is 181 Å². The van der Waals surface area contributed by atoms with Crippen LogP contribution >= 0.6 is 22.9 Å². The molecule has 1 aliphatic rings. The highest BCUT2D eigenvalue weighted by molar-refractivity contribution is 7.17. The van der Waals surface area contributed by atoms with Crippen molar-refractivity contribution in [1.82, 2.24) is 0 Å². The highest BCUT2D eigenvalue weighted by Crippen LogP contribution is 2.45. The molecular formula is C22H17ClN2O4S. The fraction of sp³-hybridized carbons (Fsp3) is 0.136. The molecule has 1 aliphatic carbocycles. The second-order valence-corrected chi connectivity index (χ2v) is 8.39. The Morgan fingerprint density at radius 3 is 2.70 bits per heavy atom. The number of aliphatic hydroxyl groups is 1. The lowest BCUT2D eigenvalue weighted by atomic mass is 9.85. The topological polar surface area (TPSA) is 109 Å². The Balaban J connectivity index is 1.74. The second-order valence-electron chi connectivity index (χ2n) is 6.88. The van der Waals surface area contributed by atoms with E-state index in [1.54, 1.807) is 24.3 Å².